The Labute approximate surface area is 226 Å². The molecule has 2 aliphatic heterocycles. The lowest BCUT2D eigenvalue weighted by Crippen LogP contribution is -2.24. The van der Waals surface area contributed by atoms with E-state index in [0.717, 1.165) is 41.9 Å². The van der Waals surface area contributed by atoms with Crippen molar-refractivity contribution in [3.63, 3.8) is 0 Å². The van der Waals surface area contributed by atoms with Crippen LogP contribution in [0.5, 0.6) is 5.75 Å². The first-order chi connectivity index (χ1) is 18.6. The van der Waals surface area contributed by atoms with Crippen LogP contribution in [-0.2, 0) is 17.6 Å². The molecule has 0 radical (unpaired) electrons. The average molecular weight is 524 g/mol. The van der Waals surface area contributed by atoms with Crippen LogP contribution >= 0.6 is 11.8 Å². The van der Waals surface area contributed by atoms with Gasteiger partial charge in [-0.1, -0.05) is 54.2 Å². The Balaban J connectivity index is 1.22. The van der Waals surface area contributed by atoms with Crippen LogP contribution in [0.3, 0.4) is 0 Å². The summed E-state index contributed by atoms with van der Waals surface area (Å²) >= 11 is 1.35. The number of rotatable bonds is 6. The Morgan fingerprint density at radius 3 is 2.53 bits per heavy atom. The monoisotopic (exact) mass is 523 g/mol. The zero-order valence-electron chi connectivity index (χ0n) is 21.3. The molecular weight excluding hydrogens is 494 g/mol. The number of ether oxygens (including phenoxy) is 1. The molecule has 3 aromatic carbocycles. The Morgan fingerprint density at radius 1 is 1.00 bits per heavy atom. The van der Waals surface area contributed by atoms with Gasteiger partial charge in [-0.15, -0.1) is 0 Å². The van der Waals surface area contributed by atoms with Crippen LogP contribution < -0.4 is 4.74 Å². The number of amides is 1. The van der Waals surface area contributed by atoms with E-state index in [0.29, 0.717) is 17.2 Å². The molecule has 1 aliphatic carbocycles. The number of hydrazone groups is 1. The molecule has 0 aromatic heterocycles. The number of fused-ring (bicyclic) bond motifs is 1. The van der Waals surface area contributed by atoms with Gasteiger partial charge in [-0.25, -0.2) is 5.01 Å². The number of Topliss-reactive ketones (excluding diaryl/α,β-unsaturated/α-hetero) is 1. The Morgan fingerprint density at radius 2 is 1.76 bits per heavy atom. The highest BCUT2D eigenvalue weighted by atomic mass is 32.2. The summed E-state index contributed by atoms with van der Waals surface area (Å²) in [6, 6.07) is 23.9. The number of aryl methyl sites for hydroxylation is 2. The topological polar surface area (TPSA) is 71.3 Å². The van der Waals surface area contributed by atoms with Crippen LogP contribution in [0, 0.1) is 0 Å². The Bertz CT molecular complexity index is 1430. The number of ketones is 1. The maximum absolute atomic E-state index is 13.2. The highest BCUT2D eigenvalue weighted by molar-refractivity contribution is 8.15. The van der Waals surface area contributed by atoms with Crippen molar-refractivity contribution in [1.82, 2.24) is 5.01 Å². The summed E-state index contributed by atoms with van der Waals surface area (Å²) in [4.78, 5) is 30.5. The smallest absolute Gasteiger partial charge is 0.262 e. The predicted molar refractivity (Wildman–Crippen MR) is 151 cm³/mol. The van der Waals surface area contributed by atoms with E-state index in [1.807, 2.05) is 59.6 Å². The van der Waals surface area contributed by atoms with Crippen LogP contribution in [0.4, 0.5) is 0 Å². The van der Waals surface area contributed by atoms with Crippen molar-refractivity contribution in [2.75, 3.05) is 7.11 Å². The number of thioether (sulfide) groups is 1. The van der Waals surface area contributed by atoms with Crippen molar-refractivity contribution in [3.05, 3.63) is 101 Å². The summed E-state index contributed by atoms with van der Waals surface area (Å²) in [5.74, 6) is 0.511. The van der Waals surface area contributed by atoms with Crippen molar-refractivity contribution < 1.29 is 14.3 Å². The summed E-state index contributed by atoms with van der Waals surface area (Å²) in [5.41, 5.74) is 6.33. The molecule has 2 heterocycles. The SMILES string of the molecule is COc1ccc(C2=NN(C3=NC(=O)[C@H](CC(=O)c4ccc5c(c4)CCCC5)S3)[C@@H](c3ccccc3)C2)cc1. The number of carbonyl (C=O) groups excluding carboxylic acids is 2. The molecule has 38 heavy (non-hydrogen) atoms. The average Bonchev–Trinajstić information content (AvgIpc) is 3.57. The molecule has 7 heteroatoms. The highest BCUT2D eigenvalue weighted by Crippen LogP contribution is 2.39. The summed E-state index contributed by atoms with van der Waals surface area (Å²) in [6.07, 6.45) is 5.28. The molecule has 0 bridgehead atoms. The van der Waals surface area contributed by atoms with Crippen molar-refractivity contribution in [2.24, 2.45) is 10.1 Å². The van der Waals surface area contributed by atoms with E-state index in [9.17, 15) is 9.59 Å². The van der Waals surface area contributed by atoms with E-state index in [1.165, 1.54) is 29.3 Å². The van der Waals surface area contributed by atoms with Gasteiger partial charge in [0, 0.05) is 18.4 Å². The van der Waals surface area contributed by atoms with Gasteiger partial charge >= 0.3 is 0 Å². The summed E-state index contributed by atoms with van der Waals surface area (Å²) in [5, 5.41) is 6.80. The standard InChI is InChI=1S/C31H29N3O3S/c1-37-25-15-13-21(14-16-25)26-18-27(22-8-3-2-4-9-22)34(33-26)31-32-30(36)29(38-31)19-28(35)24-12-11-20-7-5-6-10-23(20)17-24/h2-4,8-9,11-17,27,29H,5-7,10,18-19H2,1H3/t27-,29+/m1/s1. The molecule has 0 unspecified atom stereocenters. The van der Waals surface area contributed by atoms with Gasteiger partial charge in [0.2, 0.25) is 0 Å². The Hall–Kier alpha value is -3.71. The number of hydrogen-bond acceptors (Lipinski definition) is 6. The van der Waals surface area contributed by atoms with Crippen molar-refractivity contribution >= 4 is 34.3 Å². The third-order valence-corrected chi connectivity index (χ3v) is 8.63. The minimum absolute atomic E-state index is 0.0101. The second-order valence-electron chi connectivity index (χ2n) is 9.91. The fourth-order valence-corrected chi connectivity index (χ4v) is 6.44. The zero-order chi connectivity index (χ0) is 26.1. The van der Waals surface area contributed by atoms with E-state index in [1.54, 1.807) is 7.11 Å². The minimum atomic E-state index is -0.537. The van der Waals surface area contributed by atoms with Gasteiger partial charge < -0.3 is 4.74 Å². The van der Waals surface area contributed by atoms with Gasteiger partial charge in [-0.05, 0) is 78.3 Å². The minimum Gasteiger partial charge on any atom is -0.497 e. The number of aliphatic imine (C=N–C) groups is 1. The third kappa shape index (κ3) is 4.90. The van der Waals surface area contributed by atoms with E-state index in [2.05, 4.69) is 23.2 Å². The highest BCUT2D eigenvalue weighted by Gasteiger charge is 2.39. The van der Waals surface area contributed by atoms with Crippen LogP contribution in [0.2, 0.25) is 0 Å². The largest absolute Gasteiger partial charge is 0.497 e. The van der Waals surface area contributed by atoms with Gasteiger partial charge in [0.05, 0.1) is 18.9 Å². The number of amidine groups is 1. The second kappa shape index (κ2) is 10.6. The first kappa shape index (κ1) is 24.6. The molecule has 0 fully saturated rings. The molecule has 0 saturated carbocycles. The maximum atomic E-state index is 13.2. The van der Waals surface area contributed by atoms with E-state index in [-0.39, 0.29) is 24.2 Å². The van der Waals surface area contributed by atoms with Crippen molar-refractivity contribution in [1.29, 1.82) is 0 Å². The molecule has 6 nitrogen and oxygen atoms in total. The second-order valence-corrected chi connectivity index (χ2v) is 11.1. The fraction of sp³-hybridized carbons (Fsp3) is 0.290. The fourth-order valence-electron chi connectivity index (χ4n) is 5.38. The molecule has 0 spiro atoms. The van der Waals surface area contributed by atoms with Crippen LogP contribution in [-0.4, -0.2) is 39.9 Å². The zero-order valence-corrected chi connectivity index (χ0v) is 22.1. The number of carbonyl (C=O) groups is 2. The molecule has 3 aliphatic rings. The van der Waals surface area contributed by atoms with Crippen LogP contribution in [0.1, 0.15) is 64.3 Å². The Kier molecular flexibility index (Phi) is 6.85. The van der Waals surface area contributed by atoms with Crippen LogP contribution in [0.25, 0.3) is 0 Å². The third-order valence-electron chi connectivity index (χ3n) is 7.48. The van der Waals surface area contributed by atoms with E-state index < -0.39 is 5.25 Å². The van der Waals surface area contributed by atoms with Gasteiger partial charge in [0.1, 0.15) is 11.0 Å². The van der Waals surface area contributed by atoms with E-state index >= 15 is 0 Å². The van der Waals surface area contributed by atoms with E-state index in [4.69, 9.17) is 9.84 Å². The molecular formula is C31H29N3O3S. The molecule has 192 valence electrons. The number of hydrogen-bond donors (Lipinski definition) is 0. The van der Waals surface area contributed by atoms with Crippen molar-refractivity contribution in [3.8, 4) is 5.75 Å². The maximum Gasteiger partial charge on any atom is 0.262 e. The lowest BCUT2D eigenvalue weighted by atomic mass is 9.89. The molecule has 3 aromatic rings. The van der Waals surface area contributed by atoms with Gasteiger partial charge in [0.25, 0.3) is 5.91 Å². The summed E-state index contributed by atoms with van der Waals surface area (Å²) in [7, 11) is 1.65. The molecule has 2 atom stereocenters. The van der Waals surface area contributed by atoms with Gasteiger partial charge in [-0.3, -0.25) is 9.59 Å². The molecule has 0 N–H and O–H groups in total. The molecule has 0 saturated heterocycles. The quantitative estimate of drug-likeness (QED) is 0.371. The predicted octanol–water partition coefficient (Wildman–Crippen LogP) is 6.00. The number of nitrogens with zero attached hydrogens (tertiary/aromatic N) is 3. The van der Waals surface area contributed by atoms with Crippen molar-refractivity contribution in [2.45, 2.75) is 49.8 Å². The van der Waals surface area contributed by atoms with Gasteiger partial charge in [0.15, 0.2) is 11.0 Å². The molecule has 1 amide bonds. The number of methoxy groups -OCH3 is 1. The normalized spacial score (nSPS) is 20.7. The lowest BCUT2D eigenvalue weighted by molar-refractivity contribution is -0.117. The number of benzene rings is 3. The first-order valence-electron chi connectivity index (χ1n) is 13.1. The summed E-state index contributed by atoms with van der Waals surface area (Å²) < 4.78 is 5.30. The van der Waals surface area contributed by atoms with Gasteiger partial charge in [-0.2, -0.15) is 10.1 Å². The lowest BCUT2D eigenvalue weighted by Gasteiger charge is -2.23. The molecule has 6 rings (SSSR count). The summed E-state index contributed by atoms with van der Waals surface area (Å²) in [6.45, 7) is 0. The van der Waals surface area contributed by atoms with Crippen LogP contribution in [0.15, 0.2) is 82.9 Å². The first-order valence-corrected chi connectivity index (χ1v) is 14.0.